The highest BCUT2D eigenvalue weighted by molar-refractivity contribution is 8.03. The van der Waals surface area contributed by atoms with Gasteiger partial charge >= 0.3 is 0 Å². The largest absolute Gasteiger partial charge is 0.392 e. The molecule has 3 N–H and O–H groups in total. The van der Waals surface area contributed by atoms with Crippen LogP contribution in [-0.4, -0.2) is 65.9 Å². The van der Waals surface area contributed by atoms with Crippen molar-refractivity contribution in [3.8, 4) is 0 Å². The van der Waals surface area contributed by atoms with Gasteiger partial charge < -0.3 is 20.6 Å². The molecule has 6 heteroatoms. The number of thioether (sulfide) groups is 1. The lowest BCUT2D eigenvalue weighted by Crippen LogP contribution is -2.40. The maximum absolute atomic E-state index is 11.3. The number of carbonyl (C=O) groups is 1. The lowest BCUT2D eigenvalue weighted by molar-refractivity contribution is -0.117. The van der Waals surface area contributed by atoms with Gasteiger partial charge in [0.05, 0.1) is 6.10 Å². The minimum atomic E-state index is -0.259. The Bertz CT molecular complexity index is 430. The van der Waals surface area contributed by atoms with Crippen LogP contribution < -0.4 is 10.6 Å². The topological polar surface area (TPSA) is 64.6 Å². The first-order chi connectivity index (χ1) is 12.8. The van der Waals surface area contributed by atoms with E-state index in [0.717, 1.165) is 51.2 Å². The molecule has 3 atom stereocenters. The summed E-state index contributed by atoms with van der Waals surface area (Å²) in [5.41, 5.74) is 0. The van der Waals surface area contributed by atoms with Crippen LogP contribution in [0.3, 0.4) is 0 Å². The molecule has 0 aromatic rings. The minimum Gasteiger partial charge on any atom is -0.392 e. The number of aliphatic hydroxyl groups excluding tert-OH is 1. The molecule has 0 rings (SSSR count). The zero-order valence-electron chi connectivity index (χ0n) is 17.8. The van der Waals surface area contributed by atoms with E-state index >= 15 is 0 Å². The fraction of sp³-hybridized carbons (Fsp3) is 0.762. The number of ketones is 1. The van der Waals surface area contributed by atoms with Crippen LogP contribution in [0.4, 0.5) is 0 Å². The van der Waals surface area contributed by atoms with Crippen LogP contribution >= 0.6 is 11.8 Å². The Labute approximate surface area is 171 Å². The molecule has 0 amide bonds. The second-order valence-electron chi connectivity index (χ2n) is 7.32. The van der Waals surface area contributed by atoms with Gasteiger partial charge in [-0.1, -0.05) is 20.1 Å². The maximum Gasteiger partial charge on any atom is 0.131 e. The molecule has 0 aromatic carbocycles. The average Bonchev–Trinajstić information content (AvgIpc) is 2.57. The molecule has 158 valence electrons. The molecule has 0 aliphatic carbocycles. The molecule has 0 saturated carbocycles. The SMILES string of the molecule is C=CNC(CNC(C)CC(=C)SCCCCN(CC)CC(C)O)CC(C)=O. The van der Waals surface area contributed by atoms with Crippen LogP contribution in [0.5, 0.6) is 0 Å². The zero-order chi connectivity index (χ0) is 20.7. The van der Waals surface area contributed by atoms with Gasteiger partial charge in [-0.2, -0.15) is 0 Å². The molecular formula is C21H41N3O2S. The molecule has 0 aliphatic rings. The molecule has 0 heterocycles. The van der Waals surface area contributed by atoms with Crippen molar-refractivity contribution in [2.24, 2.45) is 0 Å². The molecule has 0 radical (unpaired) electrons. The van der Waals surface area contributed by atoms with Gasteiger partial charge in [-0.15, -0.1) is 11.8 Å². The summed E-state index contributed by atoms with van der Waals surface area (Å²) in [7, 11) is 0. The Morgan fingerprint density at radius 3 is 2.56 bits per heavy atom. The van der Waals surface area contributed by atoms with Crippen LogP contribution in [0, 0.1) is 0 Å². The van der Waals surface area contributed by atoms with Gasteiger partial charge in [0.2, 0.25) is 0 Å². The molecule has 3 unspecified atom stereocenters. The summed E-state index contributed by atoms with van der Waals surface area (Å²) in [5.74, 6) is 1.27. The van der Waals surface area contributed by atoms with Gasteiger partial charge in [-0.05, 0) is 70.0 Å². The Morgan fingerprint density at radius 2 is 2.00 bits per heavy atom. The smallest absolute Gasteiger partial charge is 0.131 e. The third-order valence-electron chi connectivity index (χ3n) is 4.28. The van der Waals surface area contributed by atoms with Crippen molar-refractivity contribution in [2.45, 2.75) is 71.6 Å². The van der Waals surface area contributed by atoms with Crippen molar-refractivity contribution >= 4 is 17.5 Å². The number of Topliss-reactive ketones (excluding diaryl/α,β-unsaturated/α-hetero) is 1. The fourth-order valence-corrected chi connectivity index (χ4v) is 3.93. The van der Waals surface area contributed by atoms with Crippen molar-refractivity contribution in [1.29, 1.82) is 0 Å². The van der Waals surface area contributed by atoms with E-state index in [0.29, 0.717) is 12.5 Å². The lowest BCUT2D eigenvalue weighted by atomic mass is 10.1. The zero-order valence-corrected chi connectivity index (χ0v) is 18.6. The molecule has 0 bridgehead atoms. The first-order valence-electron chi connectivity index (χ1n) is 10.1. The second kappa shape index (κ2) is 16.2. The number of nitrogens with one attached hydrogen (secondary N) is 2. The predicted molar refractivity (Wildman–Crippen MR) is 119 cm³/mol. The highest BCUT2D eigenvalue weighted by Gasteiger charge is 2.12. The van der Waals surface area contributed by atoms with Crippen LogP contribution in [-0.2, 0) is 4.79 Å². The van der Waals surface area contributed by atoms with Gasteiger partial charge in [-0.3, -0.25) is 4.79 Å². The van der Waals surface area contributed by atoms with Crippen molar-refractivity contribution in [3.63, 3.8) is 0 Å². The number of likely N-dealkylation sites (N-methyl/N-ethyl adjacent to an activating group) is 1. The van der Waals surface area contributed by atoms with E-state index < -0.39 is 0 Å². The number of aliphatic hydroxyl groups is 1. The van der Waals surface area contributed by atoms with Crippen molar-refractivity contribution in [3.05, 3.63) is 24.3 Å². The average molecular weight is 400 g/mol. The maximum atomic E-state index is 11.3. The molecular weight excluding hydrogens is 358 g/mol. The quantitative estimate of drug-likeness (QED) is 0.308. The van der Waals surface area contributed by atoms with Crippen LogP contribution in [0.25, 0.3) is 0 Å². The molecule has 0 saturated heterocycles. The van der Waals surface area contributed by atoms with E-state index in [2.05, 4.69) is 42.5 Å². The van der Waals surface area contributed by atoms with Crippen molar-refractivity contribution < 1.29 is 9.90 Å². The number of rotatable bonds is 18. The fourth-order valence-electron chi connectivity index (χ4n) is 2.93. The van der Waals surface area contributed by atoms with Gasteiger partial charge in [0.1, 0.15) is 5.78 Å². The lowest BCUT2D eigenvalue weighted by Gasteiger charge is -2.22. The third-order valence-corrected chi connectivity index (χ3v) is 5.35. The van der Waals surface area contributed by atoms with Crippen LogP contribution in [0.15, 0.2) is 24.3 Å². The number of nitrogens with zero attached hydrogens (tertiary/aromatic N) is 1. The molecule has 5 nitrogen and oxygen atoms in total. The van der Waals surface area contributed by atoms with E-state index in [1.54, 1.807) is 13.1 Å². The van der Waals surface area contributed by atoms with E-state index in [9.17, 15) is 9.90 Å². The molecule has 0 spiro atoms. The Kier molecular flexibility index (Phi) is 15.7. The third kappa shape index (κ3) is 15.9. The summed E-state index contributed by atoms with van der Waals surface area (Å²) in [6, 6.07) is 0.416. The second-order valence-corrected chi connectivity index (χ2v) is 8.60. The van der Waals surface area contributed by atoms with E-state index in [4.69, 9.17) is 0 Å². The number of hydrogen-bond acceptors (Lipinski definition) is 6. The first kappa shape index (κ1) is 26.2. The Morgan fingerprint density at radius 1 is 1.30 bits per heavy atom. The molecule has 27 heavy (non-hydrogen) atoms. The van der Waals surface area contributed by atoms with E-state index in [1.807, 2.05) is 18.7 Å². The van der Waals surface area contributed by atoms with E-state index in [1.165, 1.54) is 4.91 Å². The van der Waals surface area contributed by atoms with Gasteiger partial charge in [-0.25, -0.2) is 0 Å². The van der Waals surface area contributed by atoms with Gasteiger partial charge in [0.25, 0.3) is 0 Å². The first-order valence-corrected chi connectivity index (χ1v) is 11.1. The number of hydrogen-bond donors (Lipinski definition) is 3. The van der Waals surface area contributed by atoms with Gasteiger partial charge in [0, 0.05) is 31.6 Å². The predicted octanol–water partition coefficient (Wildman–Crippen LogP) is 3.17. The Balaban J connectivity index is 3.90. The summed E-state index contributed by atoms with van der Waals surface area (Å²) in [6.07, 6.45) is 5.13. The number of unbranched alkanes of at least 4 members (excludes halogenated alkanes) is 1. The highest BCUT2D eigenvalue weighted by Crippen LogP contribution is 2.20. The van der Waals surface area contributed by atoms with E-state index in [-0.39, 0.29) is 17.9 Å². The Hall–Kier alpha value is -0.820. The van der Waals surface area contributed by atoms with Crippen LogP contribution in [0.1, 0.15) is 53.4 Å². The molecule has 0 aliphatic heterocycles. The highest BCUT2D eigenvalue weighted by atomic mass is 32.2. The summed E-state index contributed by atoms with van der Waals surface area (Å²) >= 11 is 1.84. The number of carbonyl (C=O) groups excluding carboxylic acids is 1. The monoisotopic (exact) mass is 399 g/mol. The minimum absolute atomic E-state index is 0.0894. The van der Waals surface area contributed by atoms with Crippen LogP contribution in [0.2, 0.25) is 0 Å². The van der Waals surface area contributed by atoms with Crippen molar-refractivity contribution in [2.75, 3.05) is 31.9 Å². The van der Waals surface area contributed by atoms with Gasteiger partial charge in [0.15, 0.2) is 0 Å². The summed E-state index contributed by atoms with van der Waals surface area (Å²) < 4.78 is 0. The molecule has 0 aromatic heterocycles. The summed E-state index contributed by atoms with van der Waals surface area (Å²) in [4.78, 5) is 14.8. The summed E-state index contributed by atoms with van der Waals surface area (Å²) in [5, 5.41) is 16.1. The molecule has 0 fully saturated rings. The standard InChI is InChI=1S/C21H41N3O2S/c1-7-22-21(14-18(4)25)15-23-17(3)13-20(6)27-12-10-9-11-24(8-2)16-19(5)26/h7,17,19,21-23,26H,1,6,8-16H2,2-5H3. The van der Waals surface area contributed by atoms with Crippen molar-refractivity contribution in [1.82, 2.24) is 15.5 Å². The summed E-state index contributed by atoms with van der Waals surface area (Å²) in [6.45, 7) is 19.1. The normalized spacial score (nSPS) is 14.6.